The molecular weight excluding hydrogens is 322 g/mol. The third kappa shape index (κ3) is 3.37. The van der Waals surface area contributed by atoms with Crippen molar-refractivity contribution in [2.24, 2.45) is 0 Å². The lowest BCUT2D eigenvalue weighted by molar-refractivity contribution is -0.128. The van der Waals surface area contributed by atoms with Crippen LogP contribution in [-0.2, 0) is 11.3 Å². The number of likely N-dealkylation sites (tertiary alicyclic amines) is 1. The van der Waals surface area contributed by atoms with Crippen LogP contribution < -0.4 is 5.32 Å². The SMILES string of the molecule is Cc1ccc(CN2CCC(Nc3c(Cl)cccc3C#N)C2=O)cc1. The molecule has 122 valence electrons. The van der Waals surface area contributed by atoms with Gasteiger partial charge in [-0.1, -0.05) is 47.5 Å². The average molecular weight is 340 g/mol. The van der Waals surface area contributed by atoms with Crippen LogP contribution in [0.15, 0.2) is 42.5 Å². The summed E-state index contributed by atoms with van der Waals surface area (Å²) in [5.74, 6) is 0.0411. The van der Waals surface area contributed by atoms with Gasteiger partial charge in [-0.15, -0.1) is 0 Å². The van der Waals surface area contributed by atoms with Gasteiger partial charge in [-0.2, -0.15) is 5.26 Å². The highest BCUT2D eigenvalue weighted by Gasteiger charge is 2.32. The van der Waals surface area contributed by atoms with E-state index in [2.05, 4.69) is 23.5 Å². The molecule has 1 atom stereocenters. The number of carbonyl (C=O) groups is 1. The fourth-order valence-electron chi connectivity index (χ4n) is 2.88. The first-order chi connectivity index (χ1) is 11.6. The molecule has 1 fully saturated rings. The van der Waals surface area contributed by atoms with Gasteiger partial charge in [0, 0.05) is 13.1 Å². The Kier molecular flexibility index (Phi) is 4.73. The number of carbonyl (C=O) groups excluding carboxylic acids is 1. The molecule has 1 saturated heterocycles. The van der Waals surface area contributed by atoms with E-state index < -0.39 is 0 Å². The van der Waals surface area contributed by atoms with E-state index >= 15 is 0 Å². The molecule has 1 aliphatic heterocycles. The summed E-state index contributed by atoms with van der Waals surface area (Å²) in [4.78, 5) is 14.5. The van der Waals surface area contributed by atoms with Crippen molar-refractivity contribution in [2.75, 3.05) is 11.9 Å². The van der Waals surface area contributed by atoms with Crippen molar-refractivity contribution in [1.29, 1.82) is 5.26 Å². The molecule has 0 saturated carbocycles. The lowest BCUT2D eigenvalue weighted by Gasteiger charge is -2.18. The molecular formula is C19H18ClN3O. The number of para-hydroxylation sites is 1. The highest BCUT2D eigenvalue weighted by molar-refractivity contribution is 6.33. The zero-order chi connectivity index (χ0) is 17.1. The number of amides is 1. The fraction of sp³-hybridized carbons (Fsp3) is 0.263. The van der Waals surface area contributed by atoms with E-state index in [9.17, 15) is 10.1 Å². The summed E-state index contributed by atoms with van der Waals surface area (Å²) in [5.41, 5.74) is 3.31. The standard InChI is InChI=1S/C19H18ClN3O/c1-13-5-7-14(8-6-13)12-23-10-9-17(19(23)24)22-18-15(11-21)3-2-4-16(18)20/h2-8,17,22H,9-10,12H2,1H3. The minimum Gasteiger partial charge on any atom is -0.371 e. The van der Waals surface area contributed by atoms with Crippen molar-refractivity contribution >= 4 is 23.2 Å². The minimum atomic E-state index is -0.345. The number of aryl methyl sites for hydroxylation is 1. The van der Waals surface area contributed by atoms with Gasteiger partial charge < -0.3 is 10.2 Å². The Balaban J connectivity index is 1.71. The summed E-state index contributed by atoms with van der Waals surface area (Å²) >= 11 is 6.18. The van der Waals surface area contributed by atoms with Crippen molar-refractivity contribution in [3.63, 3.8) is 0 Å². The number of hydrogen-bond donors (Lipinski definition) is 1. The molecule has 1 heterocycles. The Morgan fingerprint density at radius 3 is 2.75 bits per heavy atom. The first kappa shape index (κ1) is 16.4. The smallest absolute Gasteiger partial charge is 0.245 e. The maximum Gasteiger partial charge on any atom is 0.245 e. The van der Waals surface area contributed by atoms with Gasteiger partial charge in [0.25, 0.3) is 0 Å². The largest absolute Gasteiger partial charge is 0.371 e. The molecule has 4 nitrogen and oxygen atoms in total. The zero-order valence-electron chi connectivity index (χ0n) is 13.4. The van der Waals surface area contributed by atoms with Gasteiger partial charge in [0.15, 0.2) is 0 Å². The number of hydrogen-bond acceptors (Lipinski definition) is 3. The van der Waals surface area contributed by atoms with E-state index in [4.69, 9.17) is 11.6 Å². The summed E-state index contributed by atoms with van der Waals surface area (Å²) in [5, 5.41) is 12.8. The molecule has 0 radical (unpaired) electrons. The van der Waals surface area contributed by atoms with Gasteiger partial charge in [-0.3, -0.25) is 4.79 Å². The first-order valence-electron chi connectivity index (χ1n) is 7.88. The molecule has 1 aliphatic rings. The molecule has 3 rings (SSSR count). The van der Waals surface area contributed by atoms with E-state index in [0.29, 0.717) is 35.8 Å². The number of nitrogens with zero attached hydrogens (tertiary/aromatic N) is 2. The molecule has 0 bridgehead atoms. The van der Waals surface area contributed by atoms with E-state index in [1.165, 1.54) is 5.56 Å². The summed E-state index contributed by atoms with van der Waals surface area (Å²) in [6, 6.07) is 15.1. The van der Waals surface area contributed by atoms with Gasteiger partial charge in [0.05, 0.1) is 16.3 Å². The van der Waals surface area contributed by atoms with Gasteiger partial charge >= 0.3 is 0 Å². The number of anilines is 1. The fourth-order valence-corrected chi connectivity index (χ4v) is 3.11. The van der Waals surface area contributed by atoms with Crippen LogP contribution in [0, 0.1) is 18.3 Å². The normalized spacial score (nSPS) is 17.0. The van der Waals surface area contributed by atoms with Crippen LogP contribution in [0.5, 0.6) is 0 Å². The Hall–Kier alpha value is -2.51. The van der Waals surface area contributed by atoms with Crippen LogP contribution >= 0.6 is 11.6 Å². The number of benzene rings is 2. The Bertz CT molecular complexity index is 795. The van der Waals surface area contributed by atoms with E-state index in [1.807, 2.05) is 24.0 Å². The van der Waals surface area contributed by atoms with Crippen molar-refractivity contribution in [1.82, 2.24) is 4.90 Å². The van der Waals surface area contributed by atoms with Crippen LogP contribution in [-0.4, -0.2) is 23.4 Å². The van der Waals surface area contributed by atoms with Gasteiger partial charge in [-0.05, 0) is 31.0 Å². The molecule has 2 aromatic carbocycles. The summed E-state index contributed by atoms with van der Waals surface area (Å²) in [6.07, 6.45) is 0.695. The topological polar surface area (TPSA) is 56.1 Å². The summed E-state index contributed by atoms with van der Waals surface area (Å²) < 4.78 is 0. The number of nitriles is 1. The Morgan fingerprint density at radius 2 is 2.04 bits per heavy atom. The predicted molar refractivity (Wildman–Crippen MR) is 94.8 cm³/mol. The monoisotopic (exact) mass is 339 g/mol. The summed E-state index contributed by atoms with van der Waals surface area (Å²) in [6.45, 7) is 3.34. The van der Waals surface area contributed by atoms with Crippen LogP contribution in [0.4, 0.5) is 5.69 Å². The van der Waals surface area contributed by atoms with Gasteiger partial charge in [0.1, 0.15) is 12.1 Å². The predicted octanol–water partition coefficient (Wildman–Crippen LogP) is 3.73. The zero-order valence-corrected chi connectivity index (χ0v) is 14.2. The Morgan fingerprint density at radius 1 is 1.29 bits per heavy atom. The molecule has 5 heteroatoms. The lowest BCUT2D eigenvalue weighted by Crippen LogP contribution is -2.33. The van der Waals surface area contributed by atoms with E-state index in [0.717, 1.165) is 5.56 Å². The first-order valence-corrected chi connectivity index (χ1v) is 8.26. The average Bonchev–Trinajstić information content (AvgIpc) is 2.92. The van der Waals surface area contributed by atoms with Crippen LogP contribution in [0.3, 0.4) is 0 Å². The van der Waals surface area contributed by atoms with Crippen molar-refractivity contribution in [3.8, 4) is 6.07 Å². The maximum absolute atomic E-state index is 12.6. The second-order valence-electron chi connectivity index (χ2n) is 6.01. The number of halogens is 1. The Labute approximate surface area is 146 Å². The van der Waals surface area contributed by atoms with E-state index in [-0.39, 0.29) is 11.9 Å². The lowest BCUT2D eigenvalue weighted by atomic mass is 10.1. The molecule has 1 amide bonds. The molecule has 0 spiro atoms. The second-order valence-corrected chi connectivity index (χ2v) is 6.41. The number of nitrogens with one attached hydrogen (secondary N) is 1. The molecule has 24 heavy (non-hydrogen) atoms. The van der Waals surface area contributed by atoms with Crippen LogP contribution in [0.1, 0.15) is 23.1 Å². The van der Waals surface area contributed by atoms with Crippen molar-refractivity contribution < 1.29 is 4.79 Å². The molecule has 1 unspecified atom stereocenters. The molecule has 0 aliphatic carbocycles. The third-order valence-electron chi connectivity index (χ3n) is 4.24. The minimum absolute atomic E-state index is 0.0411. The van der Waals surface area contributed by atoms with Gasteiger partial charge in [-0.25, -0.2) is 0 Å². The third-order valence-corrected chi connectivity index (χ3v) is 4.56. The molecule has 1 N–H and O–H groups in total. The highest BCUT2D eigenvalue weighted by atomic mass is 35.5. The van der Waals surface area contributed by atoms with Crippen LogP contribution in [0.25, 0.3) is 0 Å². The number of rotatable bonds is 4. The quantitative estimate of drug-likeness (QED) is 0.923. The van der Waals surface area contributed by atoms with Gasteiger partial charge in [0.2, 0.25) is 5.91 Å². The highest BCUT2D eigenvalue weighted by Crippen LogP contribution is 2.28. The van der Waals surface area contributed by atoms with Crippen molar-refractivity contribution in [3.05, 3.63) is 64.2 Å². The summed E-state index contributed by atoms with van der Waals surface area (Å²) in [7, 11) is 0. The van der Waals surface area contributed by atoms with Crippen molar-refractivity contribution in [2.45, 2.75) is 25.9 Å². The van der Waals surface area contributed by atoms with Crippen LogP contribution in [0.2, 0.25) is 5.02 Å². The maximum atomic E-state index is 12.6. The second kappa shape index (κ2) is 6.94. The molecule has 2 aromatic rings. The molecule has 0 aromatic heterocycles. The van der Waals surface area contributed by atoms with E-state index in [1.54, 1.807) is 18.2 Å².